The van der Waals surface area contributed by atoms with Crippen LogP contribution >= 0.6 is 0 Å². The van der Waals surface area contributed by atoms with E-state index >= 15 is 0 Å². The Bertz CT molecular complexity index is 684. The lowest BCUT2D eigenvalue weighted by Crippen LogP contribution is -2.13. The third kappa shape index (κ3) is 3.27. The van der Waals surface area contributed by atoms with Crippen molar-refractivity contribution in [2.45, 2.75) is 33.1 Å². The number of aryl methyl sites for hydroxylation is 1. The zero-order valence-corrected chi connectivity index (χ0v) is 12.8. The predicted octanol–water partition coefficient (Wildman–Crippen LogP) is 4.49. The van der Waals surface area contributed by atoms with Crippen molar-refractivity contribution in [1.82, 2.24) is 9.97 Å². The van der Waals surface area contributed by atoms with Crippen LogP contribution in [0.1, 0.15) is 35.7 Å². The van der Waals surface area contributed by atoms with Crippen LogP contribution in [0, 0.1) is 13.8 Å². The molecule has 1 atom stereocenters. The van der Waals surface area contributed by atoms with Gasteiger partial charge in [-0.25, -0.2) is 9.97 Å². The molecule has 2 rings (SSSR count). The quantitative estimate of drug-likeness (QED) is 0.838. The van der Waals surface area contributed by atoms with Crippen molar-refractivity contribution < 1.29 is 17.9 Å². The molecule has 0 bridgehead atoms. The van der Waals surface area contributed by atoms with E-state index in [1.54, 1.807) is 39.2 Å². The van der Waals surface area contributed by atoms with Crippen molar-refractivity contribution in [2.24, 2.45) is 0 Å². The summed E-state index contributed by atoms with van der Waals surface area (Å²) in [6, 6.07) is 7.18. The lowest BCUT2D eigenvalue weighted by molar-refractivity contribution is -0.145. The number of rotatable bonds is 3. The van der Waals surface area contributed by atoms with Gasteiger partial charge in [-0.15, -0.1) is 0 Å². The van der Waals surface area contributed by atoms with E-state index in [4.69, 9.17) is 4.74 Å². The Labute approximate surface area is 127 Å². The maximum absolute atomic E-state index is 12.9. The lowest BCUT2D eigenvalue weighted by atomic mass is 10.0. The van der Waals surface area contributed by atoms with E-state index in [0.717, 1.165) is 5.56 Å². The number of halogens is 3. The van der Waals surface area contributed by atoms with Gasteiger partial charge in [0.2, 0.25) is 5.82 Å². The molecular weight excluding hydrogens is 293 g/mol. The van der Waals surface area contributed by atoms with Gasteiger partial charge in [0.15, 0.2) is 0 Å². The molecule has 0 fully saturated rings. The summed E-state index contributed by atoms with van der Waals surface area (Å²) in [6.45, 7) is 5.15. The first kappa shape index (κ1) is 16.4. The Morgan fingerprint density at radius 1 is 1.14 bits per heavy atom. The SMILES string of the molecule is COC(C)c1cccc(-c2nc(C(F)(F)F)nc(C)c2C)c1. The molecule has 0 aliphatic carbocycles. The number of methoxy groups -OCH3 is 1. The minimum Gasteiger partial charge on any atom is -0.377 e. The van der Waals surface area contributed by atoms with Gasteiger partial charge in [-0.05, 0) is 38.0 Å². The lowest BCUT2D eigenvalue weighted by Gasteiger charge is -2.14. The van der Waals surface area contributed by atoms with Gasteiger partial charge in [-0.3, -0.25) is 0 Å². The summed E-state index contributed by atoms with van der Waals surface area (Å²) in [4.78, 5) is 7.27. The maximum Gasteiger partial charge on any atom is 0.451 e. The summed E-state index contributed by atoms with van der Waals surface area (Å²) in [6.07, 6.45) is -4.71. The van der Waals surface area contributed by atoms with Gasteiger partial charge in [0, 0.05) is 18.4 Å². The molecule has 0 amide bonds. The molecule has 0 aliphatic heterocycles. The summed E-state index contributed by atoms with van der Waals surface area (Å²) in [7, 11) is 1.58. The molecule has 1 aromatic heterocycles. The van der Waals surface area contributed by atoms with Gasteiger partial charge in [0.05, 0.1) is 11.8 Å². The number of nitrogens with zero attached hydrogens (tertiary/aromatic N) is 2. The fraction of sp³-hybridized carbons (Fsp3) is 0.375. The van der Waals surface area contributed by atoms with Crippen LogP contribution in [0.3, 0.4) is 0 Å². The first-order valence-corrected chi connectivity index (χ1v) is 6.79. The summed E-state index contributed by atoms with van der Waals surface area (Å²) < 4.78 is 44.0. The van der Waals surface area contributed by atoms with E-state index in [9.17, 15) is 13.2 Å². The first-order valence-electron chi connectivity index (χ1n) is 6.79. The van der Waals surface area contributed by atoms with Crippen LogP contribution in [0.2, 0.25) is 0 Å². The molecule has 1 aromatic carbocycles. The molecule has 3 nitrogen and oxygen atoms in total. The second-order valence-corrected chi connectivity index (χ2v) is 5.11. The van der Waals surface area contributed by atoms with E-state index in [1.807, 2.05) is 13.0 Å². The molecular formula is C16H17F3N2O. The summed E-state index contributed by atoms with van der Waals surface area (Å²) in [5.41, 5.74) is 2.75. The van der Waals surface area contributed by atoms with Crippen molar-refractivity contribution in [1.29, 1.82) is 0 Å². The van der Waals surface area contributed by atoms with Crippen molar-refractivity contribution in [3.8, 4) is 11.3 Å². The van der Waals surface area contributed by atoms with Crippen LogP contribution in [-0.2, 0) is 10.9 Å². The summed E-state index contributed by atoms with van der Waals surface area (Å²) >= 11 is 0. The topological polar surface area (TPSA) is 35.0 Å². The van der Waals surface area contributed by atoms with Gasteiger partial charge in [-0.2, -0.15) is 13.2 Å². The Balaban J connectivity index is 2.59. The van der Waals surface area contributed by atoms with Crippen LogP contribution in [0.4, 0.5) is 13.2 Å². The number of alkyl halides is 3. The second kappa shape index (κ2) is 6.04. The van der Waals surface area contributed by atoms with E-state index in [1.165, 1.54) is 0 Å². The van der Waals surface area contributed by atoms with E-state index in [-0.39, 0.29) is 6.10 Å². The fourth-order valence-electron chi connectivity index (χ4n) is 2.11. The first-order chi connectivity index (χ1) is 10.2. The Morgan fingerprint density at radius 3 is 2.41 bits per heavy atom. The normalized spacial score (nSPS) is 13.2. The molecule has 0 aliphatic rings. The molecule has 0 radical (unpaired) electrons. The standard InChI is InChI=1S/C16H17F3N2O/c1-9-10(2)20-15(16(17,18)19)21-14(9)13-7-5-6-12(8-13)11(3)22-4/h5-8,11H,1-4H3. The average molecular weight is 310 g/mol. The summed E-state index contributed by atoms with van der Waals surface area (Å²) in [5.74, 6) is -1.12. The zero-order valence-electron chi connectivity index (χ0n) is 12.8. The van der Waals surface area contributed by atoms with Gasteiger partial charge >= 0.3 is 6.18 Å². The molecule has 1 unspecified atom stereocenters. The van der Waals surface area contributed by atoms with Crippen LogP contribution in [0.5, 0.6) is 0 Å². The molecule has 2 aromatic rings. The Morgan fingerprint density at radius 2 is 1.82 bits per heavy atom. The Kier molecular flexibility index (Phi) is 4.51. The highest BCUT2D eigenvalue weighted by Crippen LogP contribution is 2.31. The van der Waals surface area contributed by atoms with Crippen LogP contribution in [-0.4, -0.2) is 17.1 Å². The second-order valence-electron chi connectivity index (χ2n) is 5.11. The molecule has 118 valence electrons. The van der Waals surface area contributed by atoms with E-state index in [0.29, 0.717) is 22.5 Å². The van der Waals surface area contributed by atoms with E-state index in [2.05, 4.69) is 9.97 Å². The minimum absolute atomic E-state index is 0.148. The van der Waals surface area contributed by atoms with Crippen LogP contribution in [0.25, 0.3) is 11.3 Å². The molecule has 22 heavy (non-hydrogen) atoms. The summed E-state index contributed by atoms with van der Waals surface area (Å²) in [5, 5.41) is 0. The van der Waals surface area contributed by atoms with Crippen molar-refractivity contribution in [3.05, 3.63) is 46.9 Å². The monoisotopic (exact) mass is 310 g/mol. The smallest absolute Gasteiger partial charge is 0.377 e. The molecule has 0 spiro atoms. The van der Waals surface area contributed by atoms with Crippen molar-refractivity contribution in [2.75, 3.05) is 7.11 Å². The van der Waals surface area contributed by atoms with E-state index < -0.39 is 12.0 Å². The minimum atomic E-state index is -4.56. The van der Waals surface area contributed by atoms with Crippen LogP contribution < -0.4 is 0 Å². The number of aromatic nitrogens is 2. The number of benzene rings is 1. The Hall–Kier alpha value is -1.95. The van der Waals surface area contributed by atoms with Gasteiger partial charge in [0.1, 0.15) is 0 Å². The van der Waals surface area contributed by atoms with Crippen molar-refractivity contribution >= 4 is 0 Å². The highest BCUT2D eigenvalue weighted by molar-refractivity contribution is 5.64. The highest BCUT2D eigenvalue weighted by atomic mass is 19.4. The van der Waals surface area contributed by atoms with Gasteiger partial charge < -0.3 is 4.74 Å². The number of ether oxygens (including phenoxy) is 1. The highest BCUT2D eigenvalue weighted by Gasteiger charge is 2.35. The molecule has 0 saturated carbocycles. The van der Waals surface area contributed by atoms with Gasteiger partial charge in [-0.1, -0.05) is 18.2 Å². The molecule has 6 heteroatoms. The number of hydrogen-bond donors (Lipinski definition) is 0. The predicted molar refractivity (Wildman–Crippen MR) is 77.4 cm³/mol. The van der Waals surface area contributed by atoms with Crippen molar-refractivity contribution in [3.63, 3.8) is 0 Å². The largest absolute Gasteiger partial charge is 0.451 e. The van der Waals surface area contributed by atoms with Gasteiger partial charge in [0.25, 0.3) is 0 Å². The average Bonchev–Trinajstić information content (AvgIpc) is 2.48. The fourth-order valence-corrected chi connectivity index (χ4v) is 2.11. The molecule has 1 heterocycles. The number of hydrogen-bond acceptors (Lipinski definition) is 3. The zero-order chi connectivity index (χ0) is 16.5. The maximum atomic E-state index is 12.9. The molecule has 0 saturated heterocycles. The molecule has 0 N–H and O–H groups in total. The third-order valence-electron chi connectivity index (χ3n) is 3.63. The van der Waals surface area contributed by atoms with Crippen LogP contribution in [0.15, 0.2) is 24.3 Å². The third-order valence-corrected chi connectivity index (χ3v) is 3.63.